The smallest absolute Gasteiger partial charge is 0.0468 e. The van der Waals surface area contributed by atoms with E-state index in [9.17, 15) is 0 Å². The molecule has 0 spiro atoms. The third kappa shape index (κ3) is 7.31. The van der Waals surface area contributed by atoms with Crippen molar-refractivity contribution in [3.05, 3.63) is 217 Å². The summed E-state index contributed by atoms with van der Waals surface area (Å²) in [4.78, 5) is 2.37. The van der Waals surface area contributed by atoms with Gasteiger partial charge in [0.05, 0.1) is 0 Å². The maximum atomic E-state index is 2.37. The first-order valence-electron chi connectivity index (χ1n) is 18.8. The molecule has 0 saturated heterocycles. The van der Waals surface area contributed by atoms with Crippen LogP contribution < -0.4 is 4.90 Å². The Morgan fingerprint density at radius 1 is 0.370 bits per heavy atom. The van der Waals surface area contributed by atoms with E-state index >= 15 is 0 Å². The van der Waals surface area contributed by atoms with Crippen LogP contribution in [-0.4, -0.2) is 0 Å². The highest BCUT2D eigenvalue weighted by atomic mass is 15.1. The van der Waals surface area contributed by atoms with Gasteiger partial charge in [0, 0.05) is 17.1 Å². The molecule has 0 saturated carbocycles. The lowest BCUT2D eigenvalue weighted by Crippen LogP contribution is -2.10. The summed E-state index contributed by atoms with van der Waals surface area (Å²) in [6, 6.07) is 72.4. The Morgan fingerprint density at radius 2 is 0.815 bits per heavy atom. The fourth-order valence-electron chi connectivity index (χ4n) is 7.32. The van der Waals surface area contributed by atoms with Crippen molar-refractivity contribution in [2.45, 2.75) is 20.3 Å². The maximum absolute atomic E-state index is 2.37. The Kier molecular flexibility index (Phi) is 10.1. The number of hydrogen-bond donors (Lipinski definition) is 0. The van der Waals surface area contributed by atoms with E-state index in [0.29, 0.717) is 0 Å². The number of hydrogen-bond acceptors (Lipinski definition) is 1. The van der Waals surface area contributed by atoms with Crippen LogP contribution >= 0.6 is 0 Å². The molecule has 0 aliphatic rings. The summed E-state index contributed by atoms with van der Waals surface area (Å²) < 4.78 is 0. The minimum Gasteiger partial charge on any atom is -0.310 e. The molecular formula is C53H43N. The van der Waals surface area contributed by atoms with Gasteiger partial charge in [0.25, 0.3) is 0 Å². The second kappa shape index (κ2) is 15.9. The normalized spacial score (nSPS) is 11.1. The highest BCUT2D eigenvalue weighted by Gasteiger charge is 2.19. The molecule has 1 nitrogen and oxygen atoms in total. The van der Waals surface area contributed by atoms with Crippen LogP contribution in [0.15, 0.2) is 206 Å². The lowest BCUT2D eigenvalue weighted by Gasteiger charge is -2.27. The fraction of sp³-hybridized carbons (Fsp3) is 0.0566. The number of anilines is 3. The predicted octanol–water partition coefficient (Wildman–Crippen LogP) is 15.2. The van der Waals surface area contributed by atoms with Crippen molar-refractivity contribution in [1.29, 1.82) is 0 Å². The lowest BCUT2D eigenvalue weighted by atomic mass is 9.88. The monoisotopic (exact) mass is 693 g/mol. The first-order chi connectivity index (χ1) is 26.7. The fourth-order valence-corrected chi connectivity index (χ4v) is 7.32. The largest absolute Gasteiger partial charge is 0.310 e. The zero-order valence-electron chi connectivity index (χ0n) is 30.9. The van der Waals surface area contributed by atoms with Gasteiger partial charge in [0.15, 0.2) is 0 Å². The van der Waals surface area contributed by atoms with E-state index in [4.69, 9.17) is 0 Å². The Balaban J connectivity index is 1.27. The molecule has 0 fully saturated rings. The Morgan fingerprint density at radius 3 is 1.35 bits per heavy atom. The SMILES string of the molecule is CC/C=C\c1ccc(-c2ccccc2-c2ccc(N(c3ccc(-c4ccccc4)cc3)c3ccc(-c4ccccc4)cc3)cc2-c2ccccc2)cc1C. The highest BCUT2D eigenvalue weighted by molar-refractivity contribution is 5.94. The van der Waals surface area contributed by atoms with E-state index in [1.807, 2.05) is 0 Å². The van der Waals surface area contributed by atoms with Crippen molar-refractivity contribution >= 4 is 23.1 Å². The molecule has 54 heavy (non-hydrogen) atoms. The molecule has 8 aromatic carbocycles. The summed E-state index contributed by atoms with van der Waals surface area (Å²) in [5.41, 5.74) is 17.9. The lowest BCUT2D eigenvalue weighted by molar-refractivity contribution is 1.23. The Hall–Kier alpha value is -6.70. The molecule has 8 rings (SSSR count). The second-order valence-electron chi connectivity index (χ2n) is 13.7. The molecule has 0 aliphatic heterocycles. The van der Waals surface area contributed by atoms with E-state index < -0.39 is 0 Å². The maximum Gasteiger partial charge on any atom is 0.0468 e. The highest BCUT2D eigenvalue weighted by Crippen LogP contribution is 2.44. The quantitative estimate of drug-likeness (QED) is 0.138. The second-order valence-corrected chi connectivity index (χ2v) is 13.7. The van der Waals surface area contributed by atoms with Gasteiger partial charge >= 0.3 is 0 Å². The van der Waals surface area contributed by atoms with Crippen LogP contribution in [0.2, 0.25) is 0 Å². The molecule has 0 unspecified atom stereocenters. The molecule has 0 heterocycles. The molecule has 0 amide bonds. The number of aryl methyl sites for hydroxylation is 1. The third-order valence-electron chi connectivity index (χ3n) is 10.1. The molecule has 0 bridgehead atoms. The summed E-state index contributed by atoms with van der Waals surface area (Å²) in [5.74, 6) is 0. The van der Waals surface area contributed by atoms with Crippen molar-refractivity contribution in [1.82, 2.24) is 0 Å². The van der Waals surface area contributed by atoms with Crippen LogP contribution in [-0.2, 0) is 0 Å². The van der Waals surface area contributed by atoms with Gasteiger partial charge in [-0.1, -0.05) is 183 Å². The number of allylic oxidation sites excluding steroid dienone is 1. The molecule has 0 N–H and O–H groups in total. The molecule has 0 aromatic heterocycles. The number of rotatable bonds is 10. The van der Waals surface area contributed by atoms with Gasteiger partial charge in [-0.25, -0.2) is 0 Å². The average molecular weight is 694 g/mol. The zero-order chi connectivity index (χ0) is 36.7. The first-order valence-corrected chi connectivity index (χ1v) is 18.8. The minimum absolute atomic E-state index is 1.03. The molecule has 8 aromatic rings. The van der Waals surface area contributed by atoms with Gasteiger partial charge in [-0.05, 0) is 117 Å². The standard InChI is InChI=1S/C53H43N/c1-3-4-16-40-25-26-46(37-39(40)2)50-23-14-15-24-51(50)52-36-35-49(38-53(52)45-21-12-7-13-22-45)54(47-31-27-43(28-32-47)41-17-8-5-9-18-41)48-33-29-44(30-34-48)42-19-10-6-11-20-42/h4-38H,3H2,1-2H3/b16-4-. The summed E-state index contributed by atoms with van der Waals surface area (Å²) in [7, 11) is 0. The minimum atomic E-state index is 1.03. The van der Waals surface area contributed by atoms with Crippen LogP contribution in [0.25, 0.3) is 61.7 Å². The first kappa shape index (κ1) is 34.4. The van der Waals surface area contributed by atoms with Gasteiger partial charge in [0.1, 0.15) is 0 Å². The summed E-state index contributed by atoms with van der Waals surface area (Å²) in [6.45, 7) is 4.38. The molecule has 260 valence electrons. The van der Waals surface area contributed by atoms with E-state index in [1.54, 1.807) is 0 Å². The van der Waals surface area contributed by atoms with Crippen LogP contribution in [0.5, 0.6) is 0 Å². The number of benzene rings is 8. The Labute approximate surface area is 320 Å². The molecule has 0 radical (unpaired) electrons. The van der Waals surface area contributed by atoms with Crippen LogP contribution in [0.3, 0.4) is 0 Å². The van der Waals surface area contributed by atoms with Gasteiger partial charge in [-0.2, -0.15) is 0 Å². The van der Waals surface area contributed by atoms with Crippen molar-refractivity contribution in [3.8, 4) is 55.6 Å². The topological polar surface area (TPSA) is 3.24 Å². The van der Waals surface area contributed by atoms with E-state index in [1.165, 1.54) is 66.8 Å². The molecule has 0 aliphatic carbocycles. The van der Waals surface area contributed by atoms with Crippen LogP contribution in [0.4, 0.5) is 17.1 Å². The predicted molar refractivity (Wildman–Crippen MR) is 232 cm³/mol. The molecule has 1 heteroatoms. The van der Waals surface area contributed by atoms with E-state index in [2.05, 4.69) is 231 Å². The molecular weight excluding hydrogens is 651 g/mol. The molecule has 0 atom stereocenters. The average Bonchev–Trinajstić information content (AvgIpc) is 3.25. The summed E-state index contributed by atoms with van der Waals surface area (Å²) in [5, 5.41) is 0. The van der Waals surface area contributed by atoms with Gasteiger partial charge in [0.2, 0.25) is 0 Å². The summed E-state index contributed by atoms with van der Waals surface area (Å²) in [6.07, 6.45) is 5.48. The number of nitrogens with zero attached hydrogens (tertiary/aromatic N) is 1. The van der Waals surface area contributed by atoms with Crippen molar-refractivity contribution in [2.75, 3.05) is 4.90 Å². The van der Waals surface area contributed by atoms with E-state index in [-0.39, 0.29) is 0 Å². The Bertz CT molecular complexity index is 2410. The van der Waals surface area contributed by atoms with Crippen molar-refractivity contribution in [3.63, 3.8) is 0 Å². The van der Waals surface area contributed by atoms with Crippen molar-refractivity contribution < 1.29 is 0 Å². The third-order valence-corrected chi connectivity index (χ3v) is 10.1. The van der Waals surface area contributed by atoms with Crippen LogP contribution in [0, 0.1) is 6.92 Å². The van der Waals surface area contributed by atoms with Gasteiger partial charge in [-0.3, -0.25) is 0 Å². The van der Waals surface area contributed by atoms with Gasteiger partial charge < -0.3 is 4.90 Å². The van der Waals surface area contributed by atoms with Crippen molar-refractivity contribution in [2.24, 2.45) is 0 Å². The summed E-state index contributed by atoms with van der Waals surface area (Å²) >= 11 is 0. The van der Waals surface area contributed by atoms with E-state index in [0.717, 1.165) is 23.5 Å². The zero-order valence-corrected chi connectivity index (χ0v) is 30.9. The van der Waals surface area contributed by atoms with Gasteiger partial charge in [-0.15, -0.1) is 0 Å². The van der Waals surface area contributed by atoms with Crippen LogP contribution in [0.1, 0.15) is 24.5 Å².